The highest BCUT2D eigenvalue weighted by molar-refractivity contribution is 7.26. The molecule has 1 aliphatic carbocycles. The number of rotatable bonds is 16. The maximum Gasteiger partial charge on any atom is 0.176 e. The van der Waals surface area contributed by atoms with Crippen LogP contribution in [0.1, 0.15) is 44.4 Å². The minimum absolute atomic E-state index is 0.343. The molecule has 0 bridgehead atoms. The first-order chi connectivity index (χ1) is 34.3. The molecule has 446 valence electrons. The molecule has 0 spiro atoms. The van der Waals surface area contributed by atoms with Gasteiger partial charge in [-0.3, -0.25) is 0 Å². The Morgan fingerprint density at radius 1 is 0.190 bits per heavy atom. The maximum atomic E-state index is 2.85. The van der Waals surface area contributed by atoms with E-state index in [1.54, 1.807) is 33.4 Å². The van der Waals surface area contributed by atoms with Crippen molar-refractivity contribution in [1.29, 1.82) is 0 Å². The van der Waals surface area contributed by atoms with Gasteiger partial charge in [-0.2, -0.15) is 0 Å². The van der Waals surface area contributed by atoms with Crippen molar-refractivity contribution in [1.82, 2.24) is 0 Å². The molecule has 1 unspecified atom stereocenters. The van der Waals surface area contributed by atoms with Gasteiger partial charge < -0.3 is 0 Å². The second-order valence-electron chi connectivity index (χ2n) is 38.3. The van der Waals surface area contributed by atoms with Crippen molar-refractivity contribution in [3.8, 4) is 0 Å². The van der Waals surface area contributed by atoms with Crippen LogP contribution >= 0.6 is 0 Å². The lowest BCUT2D eigenvalue weighted by Gasteiger charge is -2.54. The molecule has 3 aromatic carbocycles. The summed E-state index contributed by atoms with van der Waals surface area (Å²) in [6, 6.07) is 0. The highest BCUT2D eigenvalue weighted by atomic mass is 28.4. The molecular weight excluding hydrogens is 1160 g/mol. The van der Waals surface area contributed by atoms with Crippen LogP contribution < -0.4 is 77.8 Å². The van der Waals surface area contributed by atoms with Crippen LogP contribution in [0.2, 0.25) is 236 Å². The van der Waals surface area contributed by atoms with Gasteiger partial charge in [0.1, 0.15) is 0 Å². The Balaban J connectivity index is 3.34. The molecule has 4 rings (SSSR count). The van der Waals surface area contributed by atoms with E-state index in [0.29, 0.717) is 5.92 Å². The van der Waals surface area contributed by atoms with Crippen LogP contribution in [-0.2, 0) is 0 Å². The SMILES string of the molecule is CC1=C(C)C(C)C([Si](c2c(C)c([Si](C)(C)C)c([Si](C)(C)C)c([Si](C)(C)C)c2[Si](C)(C)C)(c2c(C)c([Si](C)(C)C)c([Si](C)(C)C)c([Si](C)(C)C)c2[Si](C)(C)C)c2c(C)c([Si](C)(C)C)c([Si](C)(C)C)c([Si](C)(C)C)c2[Si](C)(C)C)=C1C. The quantitative estimate of drug-likeness (QED) is 0.0990. The predicted molar refractivity (Wildman–Crippen MR) is 414 cm³/mol. The van der Waals surface area contributed by atoms with Crippen LogP contribution in [0, 0.1) is 26.7 Å². The molecule has 0 fully saturated rings. The zero-order valence-electron chi connectivity index (χ0n) is 61.1. The normalized spacial score (nSPS) is 16.8. The fourth-order valence-corrected chi connectivity index (χ4v) is 72.4. The van der Waals surface area contributed by atoms with Gasteiger partial charge in [0.15, 0.2) is 8.07 Å². The lowest BCUT2D eigenvalue weighted by molar-refractivity contribution is 0.851. The lowest BCUT2D eigenvalue weighted by Crippen LogP contribution is -2.91. The van der Waals surface area contributed by atoms with E-state index >= 15 is 0 Å². The van der Waals surface area contributed by atoms with Gasteiger partial charge in [0.25, 0.3) is 0 Å². The van der Waals surface area contributed by atoms with Gasteiger partial charge >= 0.3 is 0 Å². The summed E-state index contributed by atoms with van der Waals surface area (Å²) in [6.07, 6.45) is 0. The summed E-state index contributed by atoms with van der Waals surface area (Å²) in [6.45, 7) is 120. The zero-order valence-corrected chi connectivity index (χ0v) is 74.1. The third kappa shape index (κ3) is 12.7. The number of hydrogen-bond donors (Lipinski definition) is 0. The molecule has 0 saturated heterocycles. The molecular formula is C66H130Si13. The third-order valence-corrected chi connectivity index (χ3v) is 51.5. The molecule has 0 amide bonds. The summed E-state index contributed by atoms with van der Waals surface area (Å²) in [5, 5.41) is 31.1. The summed E-state index contributed by atoms with van der Waals surface area (Å²) in [5.74, 6) is 0.343. The number of hydrogen-bond acceptors (Lipinski definition) is 0. The second-order valence-corrected chi connectivity index (χ2v) is 102. The predicted octanol–water partition coefficient (Wildman–Crippen LogP) is 12.5. The average Bonchev–Trinajstić information content (AvgIpc) is 3.34. The van der Waals surface area contributed by atoms with Crippen molar-refractivity contribution in [2.75, 3.05) is 0 Å². The van der Waals surface area contributed by atoms with E-state index in [1.807, 2.05) is 83.0 Å². The minimum atomic E-state index is -3.58. The summed E-state index contributed by atoms with van der Waals surface area (Å²) in [7, 11) is -28.8. The molecule has 13 heteroatoms. The van der Waals surface area contributed by atoms with Gasteiger partial charge in [-0.25, -0.2) is 0 Å². The van der Waals surface area contributed by atoms with E-state index < -0.39 is 105 Å². The smallest absolute Gasteiger partial charge is 0.0656 e. The van der Waals surface area contributed by atoms with Gasteiger partial charge in [-0.1, -0.05) is 338 Å². The molecule has 0 saturated carbocycles. The monoisotopic (exact) mass is 1290 g/mol. The van der Waals surface area contributed by atoms with Crippen LogP contribution in [0.4, 0.5) is 0 Å². The largest absolute Gasteiger partial charge is 0.176 e. The summed E-state index contributed by atoms with van der Waals surface area (Å²) in [4.78, 5) is 0. The van der Waals surface area contributed by atoms with Crippen molar-refractivity contribution in [2.24, 2.45) is 5.92 Å². The fraction of sp³-hybridized carbons (Fsp3) is 0.667. The second kappa shape index (κ2) is 21.4. The van der Waals surface area contributed by atoms with Crippen LogP contribution in [0.5, 0.6) is 0 Å². The van der Waals surface area contributed by atoms with Gasteiger partial charge in [-0.05, 0) is 68.6 Å². The molecule has 0 aliphatic heterocycles. The average molecular weight is 1290 g/mol. The van der Waals surface area contributed by atoms with E-state index in [0.717, 1.165) is 0 Å². The van der Waals surface area contributed by atoms with Gasteiger partial charge in [0.05, 0.1) is 96.9 Å². The molecule has 1 aliphatic rings. The van der Waals surface area contributed by atoms with E-state index in [1.165, 1.54) is 0 Å². The number of benzene rings is 3. The standard InChI is InChI=1S/C66H130Si13/c1-44-45(2)47(4)51(46(44)3)79(55-48(5)52(67(8,9)10)58(70(17,18)19)64(76(35,36)37)61(55)73(26,27)28,56-49(6)53(68(11,12)13)59(71(20,21)22)65(77(38,39)40)62(56)74(29,30)31)57-50(7)54(69(14,15)16)60(72(23,24)25)66(78(41,42)43)63(57)75(32,33)34/h46H,1-43H3. The van der Waals surface area contributed by atoms with Gasteiger partial charge in [-0.15, -0.1) is 0 Å². The summed E-state index contributed by atoms with van der Waals surface area (Å²) < 4.78 is 0. The fourth-order valence-electron chi connectivity index (χ4n) is 16.3. The number of allylic oxidation sites excluding steroid dienone is 4. The molecule has 79 heavy (non-hydrogen) atoms. The summed E-state index contributed by atoms with van der Waals surface area (Å²) in [5.41, 5.74) is 10.3. The third-order valence-electron chi connectivity index (χ3n) is 18.4. The van der Waals surface area contributed by atoms with Crippen molar-refractivity contribution in [3.05, 3.63) is 38.6 Å². The molecule has 0 aromatic heterocycles. The topological polar surface area (TPSA) is 0 Å². The van der Waals surface area contributed by atoms with E-state index in [-0.39, 0.29) is 0 Å². The van der Waals surface area contributed by atoms with Crippen LogP contribution in [0.25, 0.3) is 0 Å². The molecule has 0 nitrogen and oxygen atoms in total. The van der Waals surface area contributed by atoms with Crippen molar-refractivity contribution >= 4 is 183 Å². The molecule has 3 aromatic rings. The van der Waals surface area contributed by atoms with E-state index in [4.69, 9.17) is 0 Å². The molecule has 0 heterocycles. The Hall–Kier alpha value is -0.0405. The first-order valence-corrected chi connectivity index (χ1v) is 75.4. The van der Waals surface area contributed by atoms with Gasteiger partial charge in [0, 0.05) is 0 Å². The van der Waals surface area contributed by atoms with Crippen molar-refractivity contribution in [3.63, 3.8) is 0 Å². The van der Waals surface area contributed by atoms with E-state index in [9.17, 15) is 0 Å². The lowest BCUT2D eigenvalue weighted by atomic mass is 10.1. The Morgan fingerprint density at radius 3 is 0.456 bits per heavy atom. The summed E-state index contributed by atoms with van der Waals surface area (Å²) >= 11 is 0. The Morgan fingerprint density at radius 2 is 0.329 bits per heavy atom. The van der Waals surface area contributed by atoms with Crippen molar-refractivity contribution in [2.45, 2.75) is 284 Å². The van der Waals surface area contributed by atoms with Gasteiger partial charge in [0.2, 0.25) is 0 Å². The van der Waals surface area contributed by atoms with Crippen LogP contribution in [0.3, 0.4) is 0 Å². The van der Waals surface area contributed by atoms with Crippen molar-refractivity contribution < 1.29 is 0 Å². The van der Waals surface area contributed by atoms with Crippen LogP contribution in [0.15, 0.2) is 21.9 Å². The molecule has 0 radical (unpaired) electrons. The Kier molecular flexibility index (Phi) is 19.3. The minimum Gasteiger partial charge on any atom is -0.0656 e. The highest BCUT2D eigenvalue weighted by Gasteiger charge is 2.60. The molecule has 1 atom stereocenters. The first-order valence-electron chi connectivity index (χ1n) is 31.4. The molecule has 0 N–H and O–H groups in total. The Bertz CT molecular complexity index is 2700. The van der Waals surface area contributed by atoms with Crippen LogP contribution in [-0.4, -0.2) is 105 Å². The zero-order chi connectivity index (χ0) is 62.8. The maximum absolute atomic E-state index is 3.58. The highest BCUT2D eigenvalue weighted by Crippen LogP contribution is 2.43. The Labute approximate surface area is 507 Å². The van der Waals surface area contributed by atoms with E-state index in [2.05, 4.69) is 284 Å². The first kappa shape index (κ1) is 71.4.